The number of fused-ring (bicyclic) bond motifs is 2. The minimum absolute atomic E-state index is 0.806. The van der Waals surface area contributed by atoms with Gasteiger partial charge in [0.25, 0.3) is 0 Å². The zero-order valence-corrected chi connectivity index (χ0v) is 6.51. The summed E-state index contributed by atoms with van der Waals surface area (Å²) >= 11 is 0. The Morgan fingerprint density at radius 3 is 2.80 bits per heavy atom. The van der Waals surface area contributed by atoms with Gasteiger partial charge in [-0.25, -0.2) is 0 Å². The molecule has 56 valence electrons. The van der Waals surface area contributed by atoms with Crippen molar-refractivity contribution in [2.75, 3.05) is 6.54 Å². The van der Waals surface area contributed by atoms with Crippen LogP contribution in [0.15, 0.2) is 12.2 Å². The molecule has 0 spiro atoms. The van der Waals surface area contributed by atoms with E-state index >= 15 is 0 Å². The molecule has 1 N–H and O–H groups in total. The van der Waals surface area contributed by atoms with Crippen molar-refractivity contribution < 1.29 is 0 Å². The van der Waals surface area contributed by atoms with Gasteiger partial charge in [0.05, 0.1) is 0 Å². The van der Waals surface area contributed by atoms with E-state index in [1.165, 1.54) is 12.8 Å². The third-order valence-electron chi connectivity index (χ3n) is 2.75. The highest BCUT2D eigenvalue weighted by atomic mass is 14.9. The Labute approximate surface area is 62.5 Å². The topological polar surface area (TPSA) is 12.0 Å². The fourth-order valence-electron chi connectivity index (χ4n) is 2.28. The van der Waals surface area contributed by atoms with Crippen molar-refractivity contribution in [3.05, 3.63) is 12.2 Å². The van der Waals surface area contributed by atoms with E-state index in [1.807, 2.05) is 0 Å². The molecule has 0 aliphatic heterocycles. The molecule has 0 aromatic carbocycles. The molecule has 0 saturated heterocycles. The summed E-state index contributed by atoms with van der Waals surface area (Å²) in [6.45, 7) is 3.32. The summed E-state index contributed by atoms with van der Waals surface area (Å²) in [6.07, 6.45) is 7.58. The van der Waals surface area contributed by atoms with E-state index in [0.29, 0.717) is 0 Å². The zero-order chi connectivity index (χ0) is 6.97. The first-order chi connectivity index (χ1) is 4.90. The lowest BCUT2D eigenvalue weighted by Crippen LogP contribution is -2.32. The van der Waals surface area contributed by atoms with Gasteiger partial charge in [-0.15, -0.1) is 0 Å². The maximum absolute atomic E-state index is 3.52. The van der Waals surface area contributed by atoms with Crippen LogP contribution in [0.3, 0.4) is 0 Å². The lowest BCUT2D eigenvalue weighted by atomic mass is 10.0. The molecule has 1 fully saturated rings. The van der Waals surface area contributed by atoms with Gasteiger partial charge in [0.1, 0.15) is 0 Å². The van der Waals surface area contributed by atoms with Crippen molar-refractivity contribution in [2.45, 2.75) is 25.8 Å². The molecule has 3 atom stereocenters. The van der Waals surface area contributed by atoms with Crippen molar-refractivity contribution in [3.63, 3.8) is 0 Å². The van der Waals surface area contributed by atoms with Gasteiger partial charge in [-0.05, 0) is 31.2 Å². The monoisotopic (exact) mass is 137 g/mol. The van der Waals surface area contributed by atoms with E-state index in [9.17, 15) is 0 Å². The third-order valence-corrected chi connectivity index (χ3v) is 2.75. The Kier molecular flexibility index (Phi) is 1.53. The fourth-order valence-corrected chi connectivity index (χ4v) is 2.28. The molecule has 1 nitrogen and oxygen atoms in total. The van der Waals surface area contributed by atoms with E-state index in [2.05, 4.69) is 24.4 Å². The van der Waals surface area contributed by atoms with Crippen LogP contribution in [0.2, 0.25) is 0 Å². The Balaban J connectivity index is 1.96. The standard InChI is InChI=1S/C9H15N/c1-2-10-9-6-7-3-4-8(9)5-7/h3-4,7-10H,2,5-6H2,1H3. The van der Waals surface area contributed by atoms with Gasteiger partial charge in [0.15, 0.2) is 0 Å². The van der Waals surface area contributed by atoms with Crippen molar-refractivity contribution in [1.82, 2.24) is 5.32 Å². The predicted octanol–water partition coefficient (Wildman–Crippen LogP) is 1.56. The van der Waals surface area contributed by atoms with E-state index in [1.54, 1.807) is 0 Å². The van der Waals surface area contributed by atoms with Crippen molar-refractivity contribution >= 4 is 0 Å². The lowest BCUT2D eigenvalue weighted by molar-refractivity contribution is 0.463. The first-order valence-electron chi connectivity index (χ1n) is 4.32. The Hall–Kier alpha value is -0.300. The van der Waals surface area contributed by atoms with Gasteiger partial charge in [-0.3, -0.25) is 0 Å². The molecule has 0 aromatic heterocycles. The van der Waals surface area contributed by atoms with Crippen LogP contribution in [0.4, 0.5) is 0 Å². The summed E-state index contributed by atoms with van der Waals surface area (Å²) in [6, 6.07) is 0.806. The number of allylic oxidation sites excluding steroid dienone is 1. The van der Waals surface area contributed by atoms with Gasteiger partial charge in [0.2, 0.25) is 0 Å². The van der Waals surface area contributed by atoms with Crippen molar-refractivity contribution in [3.8, 4) is 0 Å². The normalized spacial score (nSPS) is 43.1. The van der Waals surface area contributed by atoms with E-state index in [-0.39, 0.29) is 0 Å². The molecular formula is C9H15N. The van der Waals surface area contributed by atoms with Gasteiger partial charge < -0.3 is 5.32 Å². The summed E-state index contributed by atoms with van der Waals surface area (Å²) in [5.74, 6) is 1.78. The first kappa shape index (κ1) is 6.41. The molecule has 2 aliphatic rings. The number of rotatable bonds is 2. The van der Waals surface area contributed by atoms with E-state index < -0.39 is 0 Å². The highest BCUT2D eigenvalue weighted by Crippen LogP contribution is 2.38. The molecule has 3 unspecified atom stereocenters. The molecule has 0 radical (unpaired) electrons. The average Bonchev–Trinajstić information content (AvgIpc) is 2.48. The van der Waals surface area contributed by atoms with Gasteiger partial charge in [0, 0.05) is 6.04 Å². The summed E-state index contributed by atoms with van der Waals surface area (Å²) in [7, 11) is 0. The quantitative estimate of drug-likeness (QED) is 0.569. The second-order valence-corrected chi connectivity index (χ2v) is 3.44. The molecule has 2 bridgehead atoms. The Bertz CT molecular complexity index is 151. The highest BCUT2D eigenvalue weighted by Gasteiger charge is 2.34. The Morgan fingerprint density at radius 1 is 1.40 bits per heavy atom. The third kappa shape index (κ3) is 0.891. The number of hydrogen-bond acceptors (Lipinski definition) is 1. The zero-order valence-electron chi connectivity index (χ0n) is 6.51. The van der Waals surface area contributed by atoms with Crippen LogP contribution in [-0.4, -0.2) is 12.6 Å². The first-order valence-corrected chi connectivity index (χ1v) is 4.32. The number of nitrogens with one attached hydrogen (secondary N) is 1. The fraction of sp³-hybridized carbons (Fsp3) is 0.778. The largest absolute Gasteiger partial charge is 0.314 e. The van der Waals surface area contributed by atoms with Crippen molar-refractivity contribution in [1.29, 1.82) is 0 Å². The maximum atomic E-state index is 3.52. The maximum Gasteiger partial charge on any atom is 0.0136 e. The van der Waals surface area contributed by atoms with Crippen LogP contribution in [-0.2, 0) is 0 Å². The number of hydrogen-bond donors (Lipinski definition) is 1. The van der Waals surface area contributed by atoms with Crippen LogP contribution < -0.4 is 5.32 Å². The van der Waals surface area contributed by atoms with Gasteiger partial charge in [-0.2, -0.15) is 0 Å². The van der Waals surface area contributed by atoms with Crippen LogP contribution in [0.25, 0.3) is 0 Å². The molecule has 0 amide bonds. The van der Waals surface area contributed by atoms with E-state index in [4.69, 9.17) is 0 Å². The van der Waals surface area contributed by atoms with Crippen molar-refractivity contribution in [2.24, 2.45) is 11.8 Å². The lowest BCUT2D eigenvalue weighted by Gasteiger charge is -2.18. The molecular weight excluding hydrogens is 122 g/mol. The molecule has 2 aliphatic carbocycles. The molecule has 10 heavy (non-hydrogen) atoms. The molecule has 1 heteroatoms. The summed E-state index contributed by atoms with van der Waals surface area (Å²) < 4.78 is 0. The average molecular weight is 137 g/mol. The molecule has 1 saturated carbocycles. The predicted molar refractivity (Wildman–Crippen MR) is 42.8 cm³/mol. The second kappa shape index (κ2) is 2.39. The van der Waals surface area contributed by atoms with Crippen LogP contribution in [0.5, 0.6) is 0 Å². The SMILES string of the molecule is CCNC1CC2C=CC1C2. The molecule has 0 aromatic rings. The summed E-state index contributed by atoms with van der Waals surface area (Å²) in [4.78, 5) is 0. The van der Waals surface area contributed by atoms with Crippen LogP contribution in [0, 0.1) is 11.8 Å². The second-order valence-electron chi connectivity index (χ2n) is 3.44. The van der Waals surface area contributed by atoms with Crippen LogP contribution >= 0.6 is 0 Å². The minimum Gasteiger partial charge on any atom is -0.314 e. The minimum atomic E-state index is 0.806. The van der Waals surface area contributed by atoms with Crippen LogP contribution in [0.1, 0.15) is 19.8 Å². The molecule has 0 heterocycles. The highest BCUT2D eigenvalue weighted by molar-refractivity contribution is 5.12. The summed E-state index contributed by atoms with van der Waals surface area (Å²) in [5, 5.41) is 3.52. The molecule has 2 rings (SSSR count). The smallest absolute Gasteiger partial charge is 0.0136 e. The Morgan fingerprint density at radius 2 is 2.30 bits per heavy atom. The van der Waals surface area contributed by atoms with E-state index in [0.717, 1.165) is 24.4 Å². The van der Waals surface area contributed by atoms with Gasteiger partial charge in [-0.1, -0.05) is 19.1 Å². The van der Waals surface area contributed by atoms with Gasteiger partial charge >= 0.3 is 0 Å². The summed E-state index contributed by atoms with van der Waals surface area (Å²) in [5.41, 5.74) is 0.